The predicted molar refractivity (Wildman–Crippen MR) is 218 cm³/mol. The topological polar surface area (TPSA) is 30.1 Å². The summed E-state index contributed by atoms with van der Waals surface area (Å²) in [6, 6.07) is 61.6. The Morgan fingerprint density at radius 1 is 0.396 bits per heavy atom. The zero-order valence-corrected chi connectivity index (χ0v) is 29.6. The monoisotopic (exact) mass is 677 g/mol. The highest BCUT2D eigenvalue weighted by molar-refractivity contribution is 5.87. The van der Waals surface area contributed by atoms with Crippen LogP contribution in [0.5, 0.6) is 0 Å². The van der Waals surface area contributed by atoms with E-state index in [9.17, 15) is 0 Å². The summed E-state index contributed by atoms with van der Waals surface area (Å²) >= 11 is 0. The first-order valence-corrected chi connectivity index (χ1v) is 17.9. The molecule has 0 spiro atoms. The first-order valence-electron chi connectivity index (χ1n) is 17.9. The Balaban J connectivity index is 1.08. The van der Waals surface area contributed by atoms with Crippen molar-refractivity contribution in [2.45, 2.75) is 19.3 Å². The van der Waals surface area contributed by atoms with Gasteiger partial charge < -0.3 is 0 Å². The van der Waals surface area contributed by atoms with E-state index < -0.39 is 0 Å². The van der Waals surface area contributed by atoms with Gasteiger partial charge in [0.2, 0.25) is 0 Å². The molecule has 1 heterocycles. The molecule has 1 aliphatic rings. The average Bonchev–Trinajstić information content (AvgIpc) is 3.46. The van der Waals surface area contributed by atoms with Crippen molar-refractivity contribution in [1.82, 2.24) is 9.97 Å². The number of benzene rings is 7. The van der Waals surface area contributed by atoms with Crippen molar-refractivity contribution in [2.75, 3.05) is 0 Å². The Labute approximate surface area is 310 Å². The fraction of sp³-hybridized carbons (Fsp3) is 0.0600. The van der Waals surface area contributed by atoms with Crippen molar-refractivity contribution >= 4 is 5.69 Å². The molecule has 1 aliphatic carbocycles. The van der Waals surface area contributed by atoms with Gasteiger partial charge in [-0.15, -0.1) is 0 Å². The largest absolute Gasteiger partial charge is 0.238 e. The van der Waals surface area contributed by atoms with Gasteiger partial charge in [-0.3, -0.25) is 0 Å². The molecule has 53 heavy (non-hydrogen) atoms. The fourth-order valence-electron chi connectivity index (χ4n) is 7.64. The molecule has 3 heteroatoms. The Morgan fingerprint density at radius 2 is 0.830 bits per heavy atom. The van der Waals surface area contributed by atoms with Crippen molar-refractivity contribution in [3.63, 3.8) is 0 Å². The first kappa shape index (κ1) is 32.0. The number of fused-ring (bicyclic) bond motifs is 3. The lowest BCUT2D eigenvalue weighted by Crippen LogP contribution is -2.14. The first-order chi connectivity index (χ1) is 25.9. The van der Waals surface area contributed by atoms with Crippen LogP contribution in [0.25, 0.3) is 83.3 Å². The molecule has 0 fully saturated rings. The zero-order chi connectivity index (χ0) is 35.9. The van der Waals surface area contributed by atoms with Crippen LogP contribution in [0.1, 0.15) is 25.0 Å². The molecule has 0 radical (unpaired) electrons. The van der Waals surface area contributed by atoms with Gasteiger partial charge in [0.25, 0.3) is 0 Å². The van der Waals surface area contributed by atoms with Crippen molar-refractivity contribution in [2.24, 2.45) is 0 Å². The van der Waals surface area contributed by atoms with E-state index in [1.54, 1.807) is 0 Å². The summed E-state index contributed by atoms with van der Waals surface area (Å²) in [4.78, 5) is 14.0. The Kier molecular flexibility index (Phi) is 7.87. The highest BCUT2D eigenvalue weighted by atomic mass is 14.9. The highest BCUT2D eigenvalue weighted by Crippen LogP contribution is 2.50. The van der Waals surface area contributed by atoms with Crippen LogP contribution in [0.3, 0.4) is 0 Å². The van der Waals surface area contributed by atoms with E-state index in [-0.39, 0.29) is 5.41 Å². The molecule has 0 unspecified atom stereocenters. The third-order valence-electron chi connectivity index (χ3n) is 10.5. The molecule has 0 atom stereocenters. The highest BCUT2D eigenvalue weighted by Gasteiger charge is 2.35. The minimum absolute atomic E-state index is 0.126. The maximum Gasteiger partial charge on any atom is 0.187 e. The van der Waals surface area contributed by atoms with Crippen LogP contribution < -0.4 is 0 Å². The summed E-state index contributed by atoms with van der Waals surface area (Å²) in [5.41, 5.74) is 17.2. The maximum atomic E-state index is 7.60. The Morgan fingerprint density at radius 3 is 1.43 bits per heavy atom. The van der Waals surface area contributed by atoms with Crippen LogP contribution in [0.4, 0.5) is 5.69 Å². The third-order valence-corrected chi connectivity index (χ3v) is 10.5. The normalized spacial score (nSPS) is 12.5. The molecule has 0 N–H and O–H groups in total. The average molecular weight is 678 g/mol. The summed E-state index contributed by atoms with van der Waals surface area (Å²) in [6.07, 6.45) is 0. The molecule has 8 aromatic rings. The van der Waals surface area contributed by atoms with E-state index >= 15 is 0 Å². The van der Waals surface area contributed by atoms with Crippen LogP contribution >= 0.6 is 0 Å². The lowest BCUT2D eigenvalue weighted by Gasteiger charge is -2.21. The molecule has 3 nitrogen and oxygen atoms in total. The second-order valence-corrected chi connectivity index (χ2v) is 14.2. The van der Waals surface area contributed by atoms with E-state index in [0.717, 1.165) is 50.3 Å². The smallest absolute Gasteiger partial charge is 0.187 e. The lowest BCUT2D eigenvalue weighted by molar-refractivity contribution is 0.660. The van der Waals surface area contributed by atoms with Crippen molar-refractivity contribution in [1.29, 1.82) is 0 Å². The summed E-state index contributed by atoms with van der Waals surface area (Å²) in [7, 11) is 0. The minimum Gasteiger partial charge on any atom is -0.238 e. The van der Waals surface area contributed by atoms with Crippen molar-refractivity contribution < 1.29 is 0 Å². The van der Waals surface area contributed by atoms with E-state index in [2.05, 4.69) is 158 Å². The molecule has 0 amide bonds. The minimum atomic E-state index is -0.126. The van der Waals surface area contributed by atoms with E-state index in [4.69, 9.17) is 16.5 Å². The predicted octanol–water partition coefficient (Wildman–Crippen LogP) is 13.3. The SMILES string of the molecule is [C-]#[N+]c1ccc2c(c1)-c1cc(-c3cccc(-c4nc(-c5ccccc5)cc(-c5ccc(-c6ccc(-c7ccccc7)cc6)cc5)n4)c3)ccc1C2(C)C. The van der Waals surface area contributed by atoms with Crippen LogP contribution in [-0.2, 0) is 5.41 Å². The molecule has 9 rings (SSSR count). The van der Waals surface area contributed by atoms with Crippen LogP contribution in [0.2, 0.25) is 0 Å². The standard InChI is InChI=1S/C50H35N3/c1-50(2)45-27-25-40(30-43(45)44-31-42(51-3)26-28-46(44)50)39-15-10-16-41(29-39)49-52-47(37-13-8-5-9-14-37)32-48(53-49)38-23-21-36(22-24-38)35-19-17-34(18-20-35)33-11-6-4-7-12-33/h4-32H,1-2H3. The van der Waals surface area contributed by atoms with Gasteiger partial charge in [0.15, 0.2) is 11.5 Å². The Hall–Kier alpha value is -6.89. The fourth-order valence-corrected chi connectivity index (χ4v) is 7.64. The number of hydrogen-bond donors (Lipinski definition) is 0. The van der Waals surface area contributed by atoms with Gasteiger partial charge in [0.1, 0.15) is 0 Å². The third kappa shape index (κ3) is 5.91. The summed E-state index contributed by atoms with van der Waals surface area (Å²) in [6.45, 7) is 12.1. The number of rotatable bonds is 6. The van der Waals surface area contributed by atoms with Crippen LogP contribution in [0.15, 0.2) is 176 Å². The Bertz CT molecular complexity index is 2670. The molecule has 0 saturated carbocycles. The van der Waals surface area contributed by atoms with Gasteiger partial charge in [-0.25, -0.2) is 14.8 Å². The second-order valence-electron chi connectivity index (χ2n) is 14.2. The summed E-state index contributed by atoms with van der Waals surface area (Å²) < 4.78 is 0. The molecule has 0 bridgehead atoms. The van der Waals surface area contributed by atoms with Gasteiger partial charge in [-0.1, -0.05) is 166 Å². The summed E-state index contributed by atoms with van der Waals surface area (Å²) in [5, 5.41) is 0. The van der Waals surface area contributed by atoms with Crippen molar-refractivity contribution in [3.05, 3.63) is 198 Å². The number of aromatic nitrogens is 2. The molecular formula is C50H35N3. The summed E-state index contributed by atoms with van der Waals surface area (Å²) in [5.74, 6) is 0.679. The van der Waals surface area contributed by atoms with Gasteiger partial charge in [0, 0.05) is 22.1 Å². The van der Waals surface area contributed by atoms with E-state index in [1.165, 1.54) is 33.4 Å². The van der Waals surface area contributed by atoms with Gasteiger partial charge in [0.05, 0.1) is 18.0 Å². The quantitative estimate of drug-likeness (QED) is 0.164. The lowest BCUT2D eigenvalue weighted by atomic mass is 9.82. The zero-order valence-electron chi connectivity index (χ0n) is 29.6. The van der Waals surface area contributed by atoms with E-state index in [1.807, 2.05) is 36.4 Å². The second kappa shape index (κ2) is 13.0. The molecule has 0 saturated heterocycles. The number of hydrogen-bond acceptors (Lipinski definition) is 2. The molecule has 7 aromatic carbocycles. The van der Waals surface area contributed by atoms with Crippen molar-refractivity contribution in [3.8, 4) is 78.4 Å². The van der Waals surface area contributed by atoms with Crippen LogP contribution in [0, 0.1) is 6.57 Å². The van der Waals surface area contributed by atoms with Gasteiger partial charge >= 0.3 is 0 Å². The van der Waals surface area contributed by atoms with E-state index in [0.29, 0.717) is 11.5 Å². The molecular weight excluding hydrogens is 643 g/mol. The maximum absolute atomic E-state index is 7.60. The van der Waals surface area contributed by atoms with Gasteiger partial charge in [-0.05, 0) is 79.9 Å². The van der Waals surface area contributed by atoms with Crippen LogP contribution in [-0.4, -0.2) is 9.97 Å². The number of nitrogens with zero attached hydrogens (tertiary/aromatic N) is 3. The molecule has 1 aromatic heterocycles. The molecule has 0 aliphatic heterocycles. The molecule has 250 valence electrons. The van der Waals surface area contributed by atoms with Gasteiger partial charge in [-0.2, -0.15) is 0 Å².